The number of halogens is 1. The van der Waals surface area contributed by atoms with Crippen molar-refractivity contribution in [2.75, 3.05) is 17.5 Å². The van der Waals surface area contributed by atoms with Crippen molar-refractivity contribution in [3.63, 3.8) is 0 Å². The molecule has 10 heteroatoms. The number of hydrogen-bond acceptors (Lipinski definition) is 5. The maximum Gasteiger partial charge on any atom is 0.264 e. The molecule has 1 fully saturated rings. The van der Waals surface area contributed by atoms with E-state index in [2.05, 4.69) is 5.32 Å². The quantitative estimate of drug-likeness (QED) is 0.155. The molecule has 0 heterocycles. The number of aryl methyl sites for hydroxylation is 1. The second-order valence-corrected chi connectivity index (χ2v) is 14.3. The van der Waals surface area contributed by atoms with Crippen LogP contribution in [0.3, 0.4) is 0 Å². The summed E-state index contributed by atoms with van der Waals surface area (Å²) in [7, 11) is -4.23. The molecule has 4 aromatic carbocycles. The highest BCUT2D eigenvalue weighted by Gasteiger charge is 2.35. The average molecular weight is 688 g/mol. The Balaban J connectivity index is 1.56. The SMILES string of the molecule is CCOc1ccc(S(=O)(=O)N(CC(=O)N(Cc2ccccc2Cl)[C@H](Cc2ccccc2)C(=O)NC2CCCC2)c2ccc(C)cc2)cc1. The van der Waals surface area contributed by atoms with Gasteiger partial charge in [-0.05, 0) is 80.3 Å². The first-order chi connectivity index (χ1) is 23.2. The van der Waals surface area contributed by atoms with Crippen molar-refractivity contribution in [3.05, 3.63) is 125 Å². The number of hydrogen-bond donors (Lipinski definition) is 1. The largest absolute Gasteiger partial charge is 0.494 e. The van der Waals surface area contributed by atoms with Gasteiger partial charge in [-0.3, -0.25) is 13.9 Å². The van der Waals surface area contributed by atoms with Crippen molar-refractivity contribution in [3.8, 4) is 5.75 Å². The molecule has 8 nitrogen and oxygen atoms in total. The summed E-state index contributed by atoms with van der Waals surface area (Å²) in [4.78, 5) is 30.3. The zero-order valence-corrected chi connectivity index (χ0v) is 28.9. The lowest BCUT2D eigenvalue weighted by Crippen LogP contribution is -2.54. The summed E-state index contributed by atoms with van der Waals surface area (Å²) in [5.74, 6) is -0.271. The van der Waals surface area contributed by atoms with E-state index in [1.807, 2.05) is 56.3 Å². The van der Waals surface area contributed by atoms with Crippen molar-refractivity contribution < 1.29 is 22.7 Å². The van der Waals surface area contributed by atoms with Crippen LogP contribution in [0.5, 0.6) is 5.75 Å². The predicted molar refractivity (Wildman–Crippen MR) is 190 cm³/mol. The van der Waals surface area contributed by atoms with Gasteiger partial charge in [0.1, 0.15) is 18.3 Å². The van der Waals surface area contributed by atoms with Gasteiger partial charge in [0.25, 0.3) is 10.0 Å². The third-order valence-corrected chi connectivity index (χ3v) is 10.8. The Morgan fingerprint density at radius 2 is 1.54 bits per heavy atom. The van der Waals surface area contributed by atoms with Crippen LogP contribution in [0.25, 0.3) is 0 Å². The van der Waals surface area contributed by atoms with Gasteiger partial charge >= 0.3 is 0 Å². The van der Waals surface area contributed by atoms with E-state index in [1.165, 1.54) is 17.0 Å². The van der Waals surface area contributed by atoms with Crippen LogP contribution in [0.4, 0.5) is 5.69 Å². The molecule has 4 aromatic rings. The standard InChI is InChI=1S/C38H42ClN3O5S/c1-3-47-33-21-23-34(24-22-33)48(45,46)42(32-19-17-28(2)18-20-32)27-37(43)41(26-30-13-7-10-16-35(30)39)36(25-29-11-5-4-6-12-29)38(44)40-31-14-8-9-15-31/h4-7,10-13,16-24,31,36H,3,8-9,14-15,25-27H2,1-2H3,(H,40,44)/t36-/m1/s1. The minimum Gasteiger partial charge on any atom is -0.494 e. The van der Waals surface area contributed by atoms with Gasteiger partial charge < -0.3 is 15.0 Å². The molecule has 5 rings (SSSR count). The van der Waals surface area contributed by atoms with Crippen LogP contribution in [0.2, 0.25) is 5.02 Å². The van der Waals surface area contributed by atoms with Crippen LogP contribution in [0.15, 0.2) is 108 Å². The van der Waals surface area contributed by atoms with Crippen molar-refractivity contribution in [1.29, 1.82) is 0 Å². The fourth-order valence-corrected chi connectivity index (χ4v) is 7.58. The number of ether oxygens (including phenoxy) is 1. The van der Waals surface area contributed by atoms with Gasteiger partial charge in [0, 0.05) is 24.0 Å². The van der Waals surface area contributed by atoms with Gasteiger partial charge in [0.2, 0.25) is 11.8 Å². The monoisotopic (exact) mass is 687 g/mol. The molecule has 1 saturated carbocycles. The number of carbonyl (C=O) groups is 2. The van der Waals surface area contributed by atoms with E-state index < -0.39 is 28.5 Å². The van der Waals surface area contributed by atoms with E-state index in [1.54, 1.807) is 48.5 Å². The molecule has 0 unspecified atom stereocenters. The van der Waals surface area contributed by atoms with Crippen molar-refractivity contribution in [2.45, 2.75) is 69.5 Å². The zero-order chi connectivity index (χ0) is 34.1. The minimum atomic E-state index is -4.23. The number of nitrogens with one attached hydrogen (secondary N) is 1. The lowest BCUT2D eigenvalue weighted by molar-refractivity contribution is -0.140. The summed E-state index contributed by atoms with van der Waals surface area (Å²) >= 11 is 6.60. The normalized spacial score (nSPS) is 13.9. The highest BCUT2D eigenvalue weighted by molar-refractivity contribution is 7.92. The number of sulfonamides is 1. The summed E-state index contributed by atoms with van der Waals surface area (Å²) < 4.78 is 35.2. The van der Waals surface area contributed by atoms with Crippen LogP contribution < -0.4 is 14.4 Å². The molecule has 252 valence electrons. The molecule has 1 N–H and O–H groups in total. The molecule has 0 aliphatic heterocycles. The highest BCUT2D eigenvalue weighted by Crippen LogP contribution is 2.28. The lowest BCUT2D eigenvalue weighted by atomic mass is 10.0. The zero-order valence-electron chi connectivity index (χ0n) is 27.3. The molecule has 0 bridgehead atoms. The predicted octanol–water partition coefficient (Wildman–Crippen LogP) is 6.94. The Kier molecular flexibility index (Phi) is 11.8. The molecule has 1 aliphatic rings. The smallest absolute Gasteiger partial charge is 0.264 e. The second kappa shape index (κ2) is 16.2. The molecule has 2 amide bonds. The van der Waals surface area contributed by atoms with E-state index >= 15 is 0 Å². The van der Waals surface area contributed by atoms with E-state index in [-0.39, 0.29) is 29.8 Å². The highest BCUT2D eigenvalue weighted by atomic mass is 35.5. The fraction of sp³-hybridized carbons (Fsp3) is 0.316. The van der Waals surface area contributed by atoms with E-state index in [0.717, 1.165) is 41.1 Å². The maximum absolute atomic E-state index is 14.7. The lowest BCUT2D eigenvalue weighted by Gasteiger charge is -2.34. The summed E-state index contributed by atoms with van der Waals surface area (Å²) in [6, 6.07) is 28.9. The molecule has 1 aliphatic carbocycles. The van der Waals surface area contributed by atoms with Crippen LogP contribution in [0.1, 0.15) is 49.3 Å². The minimum absolute atomic E-state index is 0.0109. The first-order valence-electron chi connectivity index (χ1n) is 16.3. The summed E-state index contributed by atoms with van der Waals surface area (Å²) in [5.41, 5.74) is 2.79. The molecule has 0 aromatic heterocycles. The Bertz CT molecular complexity index is 1780. The molecular formula is C38H42ClN3O5S. The molecule has 0 radical (unpaired) electrons. The van der Waals surface area contributed by atoms with E-state index in [4.69, 9.17) is 16.3 Å². The molecule has 0 saturated heterocycles. The number of rotatable bonds is 14. The van der Waals surface area contributed by atoms with Crippen LogP contribution in [-0.2, 0) is 32.6 Å². The first-order valence-corrected chi connectivity index (χ1v) is 18.2. The number of nitrogens with zero attached hydrogens (tertiary/aromatic N) is 2. The maximum atomic E-state index is 14.7. The number of carbonyl (C=O) groups excluding carboxylic acids is 2. The van der Waals surface area contributed by atoms with Gasteiger partial charge in [0.05, 0.1) is 17.2 Å². The van der Waals surface area contributed by atoms with Gasteiger partial charge in [-0.2, -0.15) is 0 Å². The molecule has 0 spiro atoms. The Morgan fingerprint density at radius 3 is 2.19 bits per heavy atom. The van der Waals surface area contributed by atoms with Gasteiger partial charge in [-0.1, -0.05) is 90.7 Å². The topological polar surface area (TPSA) is 96.0 Å². The summed E-state index contributed by atoms with van der Waals surface area (Å²) in [6.45, 7) is 3.67. The Hall–Kier alpha value is -4.34. The number of amides is 2. The van der Waals surface area contributed by atoms with Crippen LogP contribution >= 0.6 is 11.6 Å². The molecule has 1 atom stereocenters. The summed E-state index contributed by atoms with van der Waals surface area (Å²) in [6.07, 6.45) is 4.07. The fourth-order valence-electron chi connectivity index (χ4n) is 5.97. The second-order valence-electron chi connectivity index (χ2n) is 12.1. The number of anilines is 1. The van der Waals surface area contributed by atoms with E-state index in [9.17, 15) is 18.0 Å². The van der Waals surface area contributed by atoms with Gasteiger partial charge in [-0.15, -0.1) is 0 Å². The third kappa shape index (κ3) is 8.76. The first kappa shape index (κ1) is 35.0. The van der Waals surface area contributed by atoms with Crippen LogP contribution in [0, 0.1) is 6.92 Å². The summed E-state index contributed by atoms with van der Waals surface area (Å²) in [5, 5.41) is 3.63. The third-order valence-electron chi connectivity index (χ3n) is 8.59. The average Bonchev–Trinajstić information content (AvgIpc) is 3.60. The van der Waals surface area contributed by atoms with E-state index in [0.29, 0.717) is 28.6 Å². The Labute approximate surface area is 288 Å². The van der Waals surface area contributed by atoms with Crippen molar-refractivity contribution in [1.82, 2.24) is 10.2 Å². The molecular weight excluding hydrogens is 646 g/mol. The van der Waals surface area contributed by atoms with Crippen LogP contribution in [-0.4, -0.2) is 50.4 Å². The van der Waals surface area contributed by atoms with Crippen molar-refractivity contribution >= 4 is 39.1 Å². The van der Waals surface area contributed by atoms with Gasteiger partial charge in [0.15, 0.2) is 0 Å². The van der Waals surface area contributed by atoms with Crippen molar-refractivity contribution in [2.24, 2.45) is 0 Å². The number of benzene rings is 4. The Morgan fingerprint density at radius 1 is 0.896 bits per heavy atom. The molecule has 48 heavy (non-hydrogen) atoms. The van der Waals surface area contributed by atoms with Gasteiger partial charge in [-0.25, -0.2) is 8.42 Å².